The zero-order valence-electron chi connectivity index (χ0n) is 42.6. The molecule has 0 bridgehead atoms. The second-order valence-electron chi connectivity index (χ2n) is 13.6. The fraction of sp³-hybridized carbons (Fsp3) is 0.857. The Morgan fingerprint density at radius 3 is 1.14 bits per heavy atom. The van der Waals surface area contributed by atoms with Gasteiger partial charge in [0.25, 0.3) is 6.48 Å². The van der Waals surface area contributed by atoms with Crippen molar-refractivity contribution in [2.45, 2.75) is 222 Å². The van der Waals surface area contributed by atoms with Crippen LogP contribution in [-0.4, -0.2) is 111 Å². The van der Waals surface area contributed by atoms with Crippen molar-refractivity contribution < 1.29 is 43.7 Å². The molecular weight excluding hydrogens is 804 g/mol. The van der Waals surface area contributed by atoms with E-state index < -0.39 is 6.48 Å². The van der Waals surface area contributed by atoms with E-state index in [1.165, 1.54) is 135 Å². The number of halogens is 2. The zero-order valence-corrected chi connectivity index (χ0v) is 44.9. The summed E-state index contributed by atoms with van der Waals surface area (Å²) in [6, 6.07) is 0. The van der Waals surface area contributed by atoms with Gasteiger partial charge in [-0.1, -0.05) is 115 Å². The fourth-order valence-electron chi connectivity index (χ4n) is 5.29. The fourth-order valence-corrected chi connectivity index (χ4v) is 5.48. The van der Waals surface area contributed by atoms with Crippen molar-refractivity contribution in [1.82, 2.24) is 0 Å². The Morgan fingerprint density at radius 2 is 0.831 bits per heavy atom. The van der Waals surface area contributed by atoms with Crippen LogP contribution in [0.15, 0.2) is 36.5 Å². The minimum absolute atomic E-state index is 0. The first kappa shape index (κ1) is 74.4. The molecule has 0 unspecified atom stereocenters. The Balaban J connectivity index is -0.0000000806. The molecule has 1 rings (SSSR count). The van der Waals surface area contributed by atoms with E-state index >= 15 is 0 Å². The number of ether oxygens (including phenoxy) is 6. The molecule has 1 saturated heterocycles. The molecule has 0 N–H and O–H groups in total. The topological polar surface area (TPSA) is 55.4 Å². The van der Waals surface area contributed by atoms with Crippen LogP contribution < -0.4 is 12.4 Å². The van der Waals surface area contributed by atoms with Crippen LogP contribution in [0, 0.1) is 6.92 Å². The summed E-state index contributed by atoms with van der Waals surface area (Å²) >= 11 is 5.57. The van der Waals surface area contributed by atoms with Crippen LogP contribution >= 0.6 is 11.6 Å². The second kappa shape index (κ2) is 76.4. The van der Waals surface area contributed by atoms with Crippen molar-refractivity contribution in [3.63, 3.8) is 0 Å². The number of allylic oxidation sites excluding steroid dienone is 6. The molecular formula is C49H100Cl2Mg2O6. The van der Waals surface area contributed by atoms with E-state index in [-0.39, 0.29) is 67.7 Å². The molecule has 10 heteroatoms. The van der Waals surface area contributed by atoms with Crippen LogP contribution in [0.3, 0.4) is 0 Å². The average Bonchev–Trinajstić information content (AvgIpc) is 3.80. The Kier molecular flexibility index (Phi) is 96.4. The van der Waals surface area contributed by atoms with Crippen LogP contribution in [0.2, 0.25) is 0 Å². The first-order valence-electron chi connectivity index (χ1n) is 23.5. The Labute approximate surface area is 416 Å². The third-order valence-corrected chi connectivity index (χ3v) is 8.60. The molecule has 0 aromatic rings. The van der Waals surface area contributed by atoms with Crippen molar-refractivity contribution in [3.8, 4) is 0 Å². The summed E-state index contributed by atoms with van der Waals surface area (Å²) in [6.07, 6.45) is 44.2. The predicted octanol–water partition coefficient (Wildman–Crippen LogP) is 12.4. The van der Waals surface area contributed by atoms with Gasteiger partial charge in [0.05, 0.1) is 0 Å². The van der Waals surface area contributed by atoms with Crippen LogP contribution in [0.25, 0.3) is 0 Å². The van der Waals surface area contributed by atoms with Crippen molar-refractivity contribution in [2.24, 2.45) is 0 Å². The minimum Gasteiger partial charge on any atom is -1.00 e. The van der Waals surface area contributed by atoms with E-state index in [2.05, 4.69) is 64.2 Å². The van der Waals surface area contributed by atoms with Gasteiger partial charge >= 0.3 is 46.1 Å². The van der Waals surface area contributed by atoms with Crippen LogP contribution in [0.5, 0.6) is 0 Å². The van der Waals surface area contributed by atoms with Gasteiger partial charge in [-0.2, -0.15) is 6.42 Å². The minimum atomic E-state index is -0.472. The Morgan fingerprint density at radius 1 is 0.492 bits per heavy atom. The summed E-state index contributed by atoms with van der Waals surface area (Å²) < 4.78 is 31.2. The van der Waals surface area contributed by atoms with E-state index in [4.69, 9.17) is 40.0 Å². The maximum absolute atomic E-state index is 5.57. The van der Waals surface area contributed by atoms with E-state index in [0.29, 0.717) is 19.8 Å². The van der Waals surface area contributed by atoms with E-state index in [9.17, 15) is 0 Å². The molecule has 1 heterocycles. The number of unbranched alkanes of at least 4 members (excludes halogenated alkanes) is 15. The Bertz CT molecular complexity index is 715. The summed E-state index contributed by atoms with van der Waals surface area (Å²) in [4.78, 5) is 0. The van der Waals surface area contributed by atoms with E-state index in [1.54, 1.807) is 0 Å². The first-order chi connectivity index (χ1) is 27.5. The standard InChI is InChI=1S/C16H32O2.C11H21Cl.C11H21.C7H16O3.C4H8O.ClH.2Mg.2H/c1-4-7-8-9-10-11-12-13-14-15-16(17-5-2)18-6-3;1-2-3-4-5-6-7-8-9-10-11-12;1-3-5-7-9-11-10-8-6-4-2;1-4-8-7(9-5-2)10-6-3;1-2-4-5-3-1;;;;;/h7-8,16H,4-6,9-15H2,1-3H3;3-4H,2,5-11H2,1H3;6,8H,1,3-5,7,9-11H2,2H3;7H,4-6H2,1-3H3;1-4H2;1H;;;;/q;;-1;;;;2*+2;2*-1/p-1/b8-7-;4-3-;8-6-;;;;;;;. The van der Waals surface area contributed by atoms with Gasteiger partial charge < -0.3 is 50.6 Å². The summed E-state index contributed by atoms with van der Waals surface area (Å²) in [5.41, 5.74) is 0. The molecule has 1 aliphatic rings. The summed E-state index contributed by atoms with van der Waals surface area (Å²) in [6.45, 7) is 25.0. The van der Waals surface area contributed by atoms with Crippen molar-refractivity contribution >= 4 is 57.7 Å². The SMILES string of the molecule is C1CCOC1.CC/C=C\CCCCCCCC(OCC)OCC.CC/C=C\CCCCCCCCl.CCOC(OCC)OCC.[CH2-]CCCCCC/C=C\CC.[Cl-].[H-].[H-].[Mg+2].[Mg+2]. The molecule has 1 aliphatic heterocycles. The summed E-state index contributed by atoms with van der Waals surface area (Å²) in [5, 5.41) is 0. The molecule has 6 nitrogen and oxygen atoms in total. The number of hydrogen-bond acceptors (Lipinski definition) is 6. The molecule has 0 radical (unpaired) electrons. The smallest absolute Gasteiger partial charge is 1.00 e. The van der Waals surface area contributed by atoms with Gasteiger partial charge in [0.15, 0.2) is 6.29 Å². The normalized spacial score (nSPS) is 11.8. The quantitative estimate of drug-likeness (QED) is 0.0160. The van der Waals surface area contributed by atoms with E-state index in [0.717, 1.165) is 51.6 Å². The largest absolute Gasteiger partial charge is 2.00 e. The van der Waals surface area contributed by atoms with Crippen molar-refractivity contribution in [2.75, 3.05) is 52.1 Å². The molecule has 0 saturated carbocycles. The molecule has 0 atom stereocenters. The van der Waals surface area contributed by atoms with E-state index in [1.807, 2.05) is 34.6 Å². The van der Waals surface area contributed by atoms with Gasteiger partial charge in [-0.15, -0.1) is 11.6 Å². The second-order valence-corrected chi connectivity index (χ2v) is 14.0. The maximum atomic E-state index is 5.57. The van der Waals surface area contributed by atoms with Crippen LogP contribution in [0.1, 0.15) is 212 Å². The third kappa shape index (κ3) is 79.9. The number of rotatable bonds is 34. The average molecular weight is 905 g/mol. The molecule has 0 aromatic carbocycles. The predicted molar refractivity (Wildman–Crippen MR) is 262 cm³/mol. The third-order valence-electron chi connectivity index (χ3n) is 8.33. The monoisotopic (exact) mass is 903 g/mol. The van der Waals surface area contributed by atoms with Gasteiger partial charge in [0, 0.05) is 52.1 Å². The molecule has 59 heavy (non-hydrogen) atoms. The number of hydrogen-bond donors (Lipinski definition) is 0. The molecule has 1 fully saturated rings. The number of alkyl halides is 1. The van der Waals surface area contributed by atoms with Crippen molar-refractivity contribution in [3.05, 3.63) is 43.4 Å². The van der Waals surface area contributed by atoms with Crippen LogP contribution in [0.4, 0.5) is 0 Å². The zero-order chi connectivity index (χ0) is 42.3. The molecule has 0 amide bonds. The summed E-state index contributed by atoms with van der Waals surface area (Å²) in [5.74, 6) is 0.829. The molecule has 0 aromatic heterocycles. The van der Waals surface area contributed by atoms with Gasteiger partial charge in [0.1, 0.15) is 0 Å². The molecule has 0 spiro atoms. The molecule has 350 valence electrons. The first-order valence-corrected chi connectivity index (χ1v) is 24.0. The van der Waals surface area contributed by atoms with Crippen molar-refractivity contribution in [1.29, 1.82) is 0 Å². The van der Waals surface area contributed by atoms with Gasteiger partial charge in [-0.3, -0.25) is 0 Å². The Hall–Kier alpha value is 1.09. The van der Waals surface area contributed by atoms with Gasteiger partial charge in [-0.25, -0.2) is 0 Å². The van der Waals surface area contributed by atoms with Crippen LogP contribution in [-0.2, 0) is 28.4 Å². The van der Waals surface area contributed by atoms with Gasteiger partial charge in [0.2, 0.25) is 0 Å². The maximum Gasteiger partial charge on any atom is 2.00 e. The summed E-state index contributed by atoms with van der Waals surface area (Å²) in [7, 11) is 0. The molecule has 0 aliphatic carbocycles. The van der Waals surface area contributed by atoms with Gasteiger partial charge in [-0.05, 0) is 125 Å².